The highest BCUT2D eigenvalue weighted by atomic mass is 32.1. The summed E-state index contributed by atoms with van der Waals surface area (Å²) in [7, 11) is 2.11. The van der Waals surface area contributed by atoms with E-state index in [0.29, 0.717) is 12.5 Å². The van der Waals surface area contributed by atoms with Crippen molar-refractivity contribution < 1.29 is 9.53 Å². The first-order chi connectivity index (χ1) is 10.1. The van der Waals surface area contributed by atoms with Crippen molar-refractivity contribution >= 4 is 17.4 Å². The molecule has 1 saturated carbocycles. The molecule has 1 aromatic heterocycles. The van der Waals surface area contributed by atoms with Gasteiger partial charge in [0.25, 0.3) is 5.91 Å². The standard InChI is InChI=1S/C15H23N3O2S/c1-11-14(10-21-16-11)15(19)18(7-12-3-4-12)9-13-8-17(2)5-6-20-13/h10,12-13H,3-9H2,1-2H3/t13-/m0/s1. The van der Waals surface area contributed by atoms with Gasteiger partial charge in [-0.25, -0.2) is 0 Å². The predicted molar refractivity (Wildman–Crippen MR) is 82.7 cm³/mol. The van der Waals surface area contributed by atoms with Gasteiger partial charge in [0.2, 0.25) is 0 Å². The summed E-state index contributed by atoms with van der Waals surface area (Å²) in [5.74, 6) is 0.798. The van der Waals surface area contributed by atoms with Crippen LogP contribution in [0.3, 0.4) is 0 Å². The first-order valence-electron chi connectivity index (χ1n) is 7.64. The third-order valence-electron chi connectivity index (χ3n) is 4.21. The van der Waals surface area contributed by atoms with E-state index in [1.54, 1.807) is 0 Å². The van der Waals surface area contributed by atoms with E-state index in [4.69, 9.17) is 4.74 Å². The fourth-order valence-corrected chi connectivity index (χ4v) is 3.43. The molecule has 2 fully saturated rings. The summed E-state index contributed by atoms with van der Waals surface area (Å²) in [5.41, 5.74) is 1.59. The van der Waals surface area contributed by atoms with E-state index in [-0.39, 0.29) is 12.0 Å². The lowest BCUT2D eigenvalue weighted by molar-refractivity contribution is -0.0331. The number of likely N-dealkylation sites (N-methyl/N-ethyl adjacent to an activating group) is 1. The Kier molecular flexibility index (Phi) is 4.57. The average molecular weight is 309 g/mol. The van der Waals surface area contributed by atoms with Crippen molar-refractivity contribution in [1.29, 1.82) is 0 Å². The maximum absolute atomic E-state index is 12.8. The zero-order valence-electron chi connectivity index (χ0n) is 12.7. The molecule has 0 unspecified atom stereocenters. The van der Waals surface area contributed by atoms with Crippen LogP contribution in [0.15, 0.2) is 5.38 Å². The number of amides is 1. The molecule has 21 heavy (non-hydrogen) atoms. The van der Waals surface area contributed by atoms with Crippen LogP contribution in [0.4, 0.5) is 0 Å². The lowest BCUT2D eigenvalue weighted by Crippen LogP contribution is -2.48. The molecule has 3 rings (SSSR count). The van der Waals surface area contributed by atoms with Crippen LogP contribution in [0.1, 0.15) is 28.9 Å². The minimum Gasteiger partial charge on any atom is -0.374 e. The van der Waals surface area contributed by atoms with Crippen LogP contribution in [-0.2, 0) is 4.74 Å². The predicted octanol–water partition coefficient (Wildman–Crippen LogP) is 1.63. The first kappa shape index (κ1) is 14.9. The number of ether oxygens (including phenoxy) is 1. The molecule has 116 valence electrons. The van der Waals surface area contributed by atoms with Gasteiger partial charge in [-0.05, 0) is 44.3 Å². The zero-order chi connectivity index (χ0) is 14.8. The molecule has 6 heteroatoms. The van der Waals surface area contributed by atoms with Crippen molar-refractivity contribution in [3.63, 3.8) is 0 Å². The minimum absolute atomic E-state index is 0.116. The van der Waals surface area contributed by atoms with E-state index in [0.717, 1.165) is 37.5 Å². The van der Waals surface area contributed by atoms with Gasteiger partial charge in [-0.3, -0.25) is 4.79 Å². The Balaban J connectivity index is 1.68. The Hall–Kier alpha value is -0.980. The number of hydrogen-bond acceptors (Lipinski definition) is 5. The Morgan fingerprint density at radius 2 is 2.33 bits per heavy atom. The van der Waals surface area contributed by atoms with Gasteiger partial charge in [0.15, 0.2) is 0 Å². The highest BCUT2D eigenvalue weighted by Gasteiger charge is 2.31. The maximum Gasteiger partial charge on any atom is 0.256 e. The highest BCUT2D eigenvalue weighted by Crippen LogP contribution is 2.30. The number of hydrogen-bond donors (Lipinski definition) is 0. The van der Waals surface area contributed by atoms with Crippen LogP contribution in [0.5, 0.6) is 0 Å². The smallest absolute Gasteiger partial charge is 0.256 e. The van der Waals surface area contributed by atoms with Crippen LogP contribution < -0.4 is 0 Å². The van der Waals surface area contributed by atoms with Crippen molar-refractivity contribution in [1.82, 2.24) is 14.2 Å². The van der Waals surface area contributed by atoms with Crippen molar-refractivity contribution in [2.45, 2.75) is 25.9 Å². The second kappa shape index (κ2) is 6.42. The molecule has 0 radical (unpaired) electrons. The fraction of sp³-hybridized carbons (Fsp3) is 0.733. The van der Waals surface area contributed by atoms with Crippen LogP contribution in [-0.4, -0.2) is 66.0 Å². The summed E-state index contributed by atoms with van der Waals surface area (Å²) < 4.78 is 10.1. The molecule has 1 aliphatic carbocycles. The molecule has 1 aromatic rings. The van der Waals surface area contributed by atoms with Crippen LogP contribution >= 0.6 is 11.5 Å². The maximum atomic E-state index is 12.8. The number of morpholine rings is 1. The van der Waals surface area contributed by atoms with E-state index in [1.165, 1.54) is 24.4 Å². The summed E-state index contributed by atoms with van der Waals surface area (Å²) in [6, 6.07) is 0. The summed E-state index contributed by atoms with van der Waals surface area (Å²) >= 11 is 1.36. The number of carbonyl (C=O) groups excluding carboxylic acids is 1. The average Bonchev–Trinajstić information content (AvgIpc) is 3.17. The van der Waals surface area contributed by atoms with E-state index < -0.39 is 0 Å². The quantitative estimate of drug-likeness (QED) is 0.829. The monoisotopic (exact) mass is 309 g/mol. The number of aromatic nitrogens is 1. The van der Waals surface area contributed by atoms with Gasteiger partial charge in [0, 0.05) is 31.6 Å². The topological polar surface area (TPSA) is 45.7 Å². The number of nitrogens with zero attached hydrogens (tertiary/aromatic N) is 3. The van der Waals surface area contributed by atoms with E-state index >= 15 is 0 Å². The lowest BCUT2D eigenvalue weighted by atomic mass is 10.2. The molecule has 2 heterocycles. The molecule has 1 aliphatic heterocycles. The van der Waals surface area contributed by atoms with Crippen molar-refractivity contribution in [2.24, 2.45) is 5.92 Å². The van der Waals surface area contributed by atoms with E-state index in [9.17, 15) is 4.79 Å². The van der Waals surface area contributed by atoms with Gasteiger partial charge in [-0.1, -0.05) is 0 Å². The summed E-state index contributed by atoms with van der Waals surface area (Å²) in [4.78, 5) is 17.0. The molecular formula is C15H23N3O2S. The highest BCUT2D eigenvalue weighted by molar-refractivity contribution is 7.03. The SMILES string of the molecule is Cc1nscc1C(=O)N(CC1CC1)C[C@@H]1CN(C)CCO1. The van der Waals surface area contributed by atoms with Gasteiger partial charge in [-0.2, -0.15) is 4.37 Å². The molecule has 1 amide bonds. The molecule has 2 aliphatic rings. The molecular weight excluding hydrogens is 286 g/mol. The third kappa shape index (κ3) is 3.81. The van der Waals surface area contributed by atoms with Gasteiger partial charge in [-0.15, -0.1) is 0 Å². The van der Waals surface area contributed by atoms with Gasteiger partial charge < -0.3 is 14.5 Å². The zero-order valence-corrected chi connectivity index (χ0v) is 13.6. The number of rotatable bonds is 5. The minimum atomic E-state index is 0.116. The van der Waals surface area contributed by atoms with E-state index in [2.05, 4.69) is 16.3 Å². The van der Waals surface area contributed by atoms with Gasteiger partial charge >= 0.3 is 0 Å². The Morgan fingerprint density at radius 3 is 2.95 bits per heavy atom. The molecule has 0 spiro atoms. The van der Waals surface area contributed by atoms with Crippen LogP contribution in [0.25, 0.3) is 0 Å². The first-order valence-corrected chi connectivity index (χ1v) is 8.47. The largest absolute Gasteiger partial charge is 0.374 e. The Morgan fingerprint density at radius 1 is 1.52 bits per heavy atom. The molecule has 0 aromatic carbocycles. The lowest BCUT2D eigenvalue weighted by Gasteiger charge is -2.34. The van der Waals surface area contributed by atoms with Crippen molar-refractivity contribution in [3.8, 4) is 0 Å². The van der Waals surface area contributed by atoms with E-state index in [1.807, 2.05) is 17.2 Å². The van der Waals surface area contributed by atoms with Gasteiger partial charge in [0.1, 0.15) is 0 Å². The molecule has 1 saturated heterocycles. The number of carbonyl (C=O) groups is 1. The van der Waals surface area contributed by atoms with Gasteiger partial charge in [0.05, 0.1) is 24.0 Å². The van der Waals surface area contributed by atoms with Crippen LogP contribution in [0, 0.1) is 12.8 Å². The summed E-state index contributed by atoms with van der Waals surface area (Å²) in [5, 5.41) is 1.87. The van der Waals surface area contributed by atoms with Crippen LogP contribution in [0.2, 0.25) is 0 Å². The van der Waals surface area contributed by atoms with Crippen molar-refractivity contribution in [2.75, 3.05) is 39.8 Å². The summed E-state index contributed by atoms with van der Waals surface area (Å²) in [6.07, 6.45) is 2.62. The second-order valence-electron chi connectivity index (χ2n) is 6.22. The van der Waals surface area contributed by atoms with Crippen molar-refractivity contribution in [3.05, 3.63) is 16.6 Å². The molecule has 0 bridgehead atoms. The Labute approximate surface area is 130 Å². The third-order valence-corrected chi connectivity index (χ3v) is 4.93. The number of aryl methyl sites for hydroxylation is 1. The Bertz CT molecular complexity index is 501. The fourth-order valence-electron chi connectivity index (χ4n) is 2.74. The normalized spacial score (nSPS) is 23.2. The molecule has 5 nitrogen and oxygen atoms in total. The molecule has 1 atom stereocenters. The molecule has 0 N–H and O–H groups in total. The second-order valence-corrected chi connectivity index (χ2v) is 6.85. The summed E-state index contributed by atoms with van der Waals surface area (Å²) in [6.45, 7) is 6.08.